The highest BCUT2D eigenvalue weighted by molar-refractivity contribution is 6.51. The summed E-state index contributed by atoms with van der Waals surface area (Å²) in [6, 6.07) is 6.35. The third-order valence-corrected chi connectivity index (χ3v) is 4.57. The average molecular weight is 403 g/mol. The van der Waals surface area contributed by atoms with Crippen molar-refractivity contribution in [1.29, 1.82) is 0 Å². The summed E-state index contributed by atoms with van der Waals surface area (Å²) in [6.45, 7) is 0. The first-order chi connectivity index (χ1) is 13.7. The largest absolute Gasteiger partial charge is 0.465 e. The summed E-state index contributed by atoms with van der Waals surface area (Å²) in [5, 5.41) is 16.2. The van der Waals surface area contributed by atoms with E-state index in [1.165, 1.54) is 13.1 Å². The number of methoxy groups -OCH3 is 3. The van der Waals surface area contributed by atoms with Gasteiger partial charge in [-0.2, -0.15) is 5.10 Å². The highest BCUT2D eigenvalue weighted by atomic mass is 16.5. The minimum Gasteiger partial charge on any atom is -0.465 e. The Bertz CT molecular complexity index is 999. The van der Waals surface area contributed by atoms with Crippen molar-refractivity contribution in [2.45, 2.75) is 5.72 Å². The Balaban J connectivity index is 2.45. The SMILES string of the molecule is COC(=O)C1=NN2c3ccccc3N(C)C(=O)C2(O)C(C(=O)OC)=C1C(=O)OC. The lowest BCUT2D eigenvalue weighted by Crippen LogP contribution is -2.66. The predicted molar refractivity (Wildman–Crippen MR) is 97.8 cm³/mol. The number of fused-ring (bicyclic) bond motifs is 3. The summed E-state index contributed by atoms with van der Waals surface area (Å²) >= 11 is 0. The molecule has 0 saturated heterocycles. The highest BCUT2D eigenvalue weighted by Crippen LogP contribution is 2.45. The molecule has 0 fully saturated rings. The molecule has 1 aromatic rings. The Morgan fingerprint density at radius 3 is 2.07 bits per heavy atom. The second-order valence-corrected chi connectivity index (χ2v) is 6.01. The third kappa shape index (κ3) is 2.66. The van der Waals surface area contributed by atoms with E-state index in [0.717, 1.165) is 31.2 Å². The monoisotopic (exact) mass is 403 g/mol. The van der Waals surface area contributed by atoms with Crippen LogP contribution in [0.5, 0.6) is 0 Å². The lowest BCUT2D eigenvalue weighted by atomic mass is 9.88. The molecule has 1 atom stereocenters. The van der Waals surface area contributed by atoms with Gasteiger partial charge in [-0.05, 0) is 12.1 Å². The minimum atomic E-state index is -2.77. The number of benzene rings is 1. The molecule has 1 unspecified atom stereocenters. The Hall–Kier alpha value is -3.73. The van der Waals surface area contributed by atoms with Crippen molar-refractivity contribution >= 4 is 40.9 Å². The van der Waals surface area contributed by atoms with Gasteiger partial charge in [-0.25, -0.2) is 19.4 Å². The molecule has 2 aliphatic heterocycles. The number of carbonyl (C=O) groups is 4. The van der Waals surface area contributed by atoms with E-state index in [9.17, 15) is 24.3 Å². The van der Waals surface area contributed by atoms with Gasteiger partial charge in [0.05, 0.1) is 32.7 Å². The summed E-state index contributed by atoms with van der Waals surface area (Å²) in [4.78, 5) is 51.6. The van der Waals surface area contributed by atoms with Gasteiger partial charge in [-0.15, -0.1) is 0 Å². The number of amides is 1. The van der Waals surface area contributed by atoms with Crippen LogP contribution in [0.3, 0.4) is 0 Å². The van der Waals surface area contributed by atoms with Crippen LogP contribution in [0.15, 0.2) is 40.5 Å². The van der Waals surface area contributed by atoms with E-state index < -0.39 is 46.4 Å². The van der Waals surface area contributed by atoms with Crippen molar-refractivity contribution in [1.82, 2.24) is 0 Å². The Kier molecular flexibility index (Phi) is 4.84. The van der Waals surface area contributed by atoms with Gasteiger partial charge in [0.1, 0.15) is 11.1 Å². The maximum Gasteiger partial charge on any atom is 0.359 e. The van der Waals surface area contributed by atoms with Crippen LogP contribution in [0.2, 0.25) is 0 Å². The highest BCUT2D eigenvalue weighted by Gasteiger charge is 2.60. The molecule has 0 bridgehead atoms. The van der Waals surface area contributed by atoms with Crippen molar-refractivity contribution in [2.24, 2.45) is 5.10 Å². The number of anilines is 2. The number of aliphatic hydroxyl groups is 1. The van der Waals surface area contributed by atoms with E-state index in [-0.39, 0.29) is 5.69 Å². The standard InChI is InChI=1S/C18H17N3O8/c1-20-9-7-5-6-8-10(9)21-18(26,17(20)25)12(15(23)28-3)11(14(22)27-2)13(19-21)16(24)29-4/h5-8,26H,1-4H3. The molecule has 3 rings (SSSR count). The number of esters is 3. The molecule has 2 heterocycles. The molecule has 2 aliphatic rings. The summed E-state index contributed by atoms with van der Waals surface area (Å²) in [5.74, 6) is -4.49. The van der Waals surface area contributed by atoms with Crippen molar-refractivity contribution in [3.05, 3.63) is 35.4 Å². The van der Waals surface area contributed by atoms with Crippen LogP contribution in [0, 0.1) is 0 Å². The number of likely N-dealkylation sites (N-methyl/N-ethyl adjacent to an activating group) is 1. The van der Waals surface area contributed by atoms with Crippen LogP contribution < -0.4 is 9.91 Å². The molecule has 1 aromatic carbocycles. The average Bonchev–Trinajstić information content (AvgIpc) is 2.75. The van der Waals surface area contributed by atoms with Crippen molar-refractivity contribution in [3.8, 4) is 0 Å². The van der Waals surface area contributed by atoms with E-state index >= 15 is 0 Å². The van der Waals surface area contributed by atoms with E-state index in [0.29, 0.717) is 5.69 Å². The van der Waals surface area contributed by atoms with E-state index in [1.54, 1.807) is 18.2 Å². The van der Waals surface area contributed by atoms with Gasteiger partial charge in [-0.3, -0.25) is 4.79 Å². The molecule has 0 aromatic heterocycles. The second kappa shape index (κ2) is 7.02. The van der Waals surface area contributed by atoms with Gasteiger partial charge in [0.15, 0.2) is 5.71 Å². The summed E-state index contributed by atoms with van der Waals surface area (Å²) in [7, 11) is 4.41. The smallest absolute Gasteiger partial charge is 0.359 e. The van der Waals surface area contributed by atoms with Crippen LogP contribution in [0.25, 0.3) is 0 Å². The molecule has 11 nitrogen and oxygen atoms in total. The molecule has 0 spiro atoms. The molecule has 1 amide bonds. The maximum absolute atomic E-state index is 13.1. The van der Waals surface area contributed by atoms with E-state index in [2.05, 4.69) is 14.6 Å². The first-order valence-electron chi connectivity index (χ1n) is 8.22. The summed E-state index contributed by atoms with van der Waals surface area (Å²) in [5.41, 5.74) is -4.39. The number of hydrogen-bond donors (Lipinski definition) is 1. The zero-order valence-corrected chi connectivity index (χ0v) is 16.0. The van der Waals surface area contributed by atoms with Crippen molar-refractivity contribution < 1.29 is 38.5 Å². The lowest BCUT2D eigenvalue weighted by Gasteiger charge is -2.46. The molecule has 0 radical (unpaired) electrons. The van der Waals surface area contributed by atoms with Crippen LogP contribution in [-0.2, 0) is 33.4 Å². The Labute approximate surface area is 164 Å². The normalized spacial score (nSPS) is 20.4. The van der Waals surface area contributed by atoms with Gasteiger partial charge < -0.3 is 24.2 Å². The van der Waals surface area contributed by atoms with Gasteiger partial charge in [0, 0.05) is 7.05 Å². The topological polar surface area (TPSA) is 135 Å². The summed E-state index contributed by atoms with van der Waals surface area (Å²) in [6.07, 6.45) is 0. The fraction of sp³-hybridized carbons (Fsp3) is 0.278. The number of para-hydroxylation sites is 2. The number of hydrogen-bond acceptors (Lipinski definition) is 10. The molecule has 1 N–H and O–H groups in total. The molecule has 0 aliphatic carbocycles. The van der Waals surface area contributed by atoms with Crippen molar-refractivity contribution in [3.63, 3.8) is 0 Å². The Morgan fingerprint density at radius 1 is 0.966 bits per heavy atom. The van der Waals surface area contributed by atoms with Gasteiger partial charge in [0.25, 0.3) is 11.6 Å². The molecule has 152 valence electrons. The third-order valence-electron chi connectivity index (χ3n) is 4.57. The van der Waals surface area contributed by atoms with Gasteiger partial charge in [-0.1, -0.05) is 12.1 Å². The van der Waals surface area contributed by atoms with Crippen LogP contribution >= 0.6 is 0 Å². The fourth-order valence-corrected chi connectivity index (χ4v) is 3.20. The molecule has 29 heavy (non-hydrogen) atoms. The fourth-order valence-electron chi connectivity index (χ4n) is 3.20. The number of nitrogens with zero attached hydrogens (tertiary/aromatic N) is 3. The second-order valence-electron chi connectivity index (χ2n) is 6.01. The molecule has 0 saturated carbocycles. The van der Waals surface area contributed by atoms with E-state index in [1.807, 2.05) is 0 Å². The number of rotatable bonds is 3. The maximum atomic E-state index is 13.1. The molecular weight excluding hydrogens is 386 g/mol. The Morgan fingerprint density at radius 2 is 1.52 bits per heavy atom. The molecular formula is C18H17N3O8. The first-order valence-corrected chi connectivity index (χ1v) is 8.22. The minimum absolute atomic E-state index is 0.198. The quantitative estimate of drug-likeness (QED) is 0.515. The zero-order valence-electron chi connectivity index (χ0n) is 16.0. The van der Waals surface area contributed by atoms with Crippen LogP contribution in [0.1, 0.15) is 0 Å². The van der Waals surface area contributed by atoms with Gasteiger partial charge >= 0.3 is 17.9 Å². The lowest BCUT2D eigenvalue weighted by molar-refractivity contribution is -0.146. The number of ether oxygens (including phenoxy) is 3. The van der Waals surface area contributed by atoms with Gasteiger partial charge in [0.2, 0.25) is 0 Å². The molecule has 11 heteroatoms. The van der Waals surface area contributed by atoms with Crippen molar-refractivity contribution in [2.75, 3.05) is 38.3 Å². The predicted octanol–water partition coefficient (Wildman–Crippen LogP) is -0.657. The van der Waals surface area contributed by atoms with Crippen LogP contribution in [0.4, 0.5) is 11.4 Å². The van der Waals surface area contributed by atoms with E-state index in [4.69, 9.17) is 4.74 Å². The summed E-state index contributed by atoms with van der Waals surface area (Å²) < 4.78 is 14.0. The zero-order chi connectivity index (χ0) is 21.5. The van der Waals surface area contributed by atoms with Crippen LogP contribution in [-0.4, -0.2) is 68.7 Å². The first kappa shape index (κ1) is 20.0. The number of carbonyl (C=O) groups excluding carboxylic acids is 4. The number of hydrazone groups is 1.